The van der Waals surface area contributed by atoms with Crippen LogP contribution in [0, 0.1) is 0 Å². The predicted octanol–water partition coefficient (Wildman–Crippen LogP) is 1.78. The third-order valence-electron chi connectivity index (χ3n) is 3.41. The van der Waals surface area contributed by atoms with E-state index in [2.05, 4.69) is 31.0 Å². The molecule has 0 radical (unpaired) electrons. The van der Waals surface area contributed by atoms with Gasteiger partial charge < -0.3 is 4.98 Å². The van der Waals surface area contributed by atoms with E-state index in [0.29, 0.717) is 21.4 Å². The number of aromatic amines is 1. The highest BCUT2D eigenvalue weighted by atomic mass is 79.9. The topological polar surface area (TPSA) is 85.6 Å². The molecule has 0 unspecified atom stereocenters. The summed E-state index contributed by atoms with van der Waals surface area (Å²) in [6.45, 7) is 0. The Morgan fingerprint density at radius 2 is 2.09 bits per heavy atom. The number of aromatic nitrogens is 5. The Morgan fingerprint density at radius 3 is 2.91 bits per heavy atom. The van der Waals surface area contributed by atoms with Crippen molar-refractivity contribution in [3.63, 3.8) is 0 Å². The van der Waals surface area contributed by atoms with Gasteiger partial charge in [0.2, 0.25) is 0 Å². The summed E-state index contributed by atoms with van der Waals surface area (Å²) in [6, 6.07) is 1.72. The summed E-state index contributed by atoms with van der Waals surface area (Å²) in [5.74, 6) is 0. The quantitative estimate of drug-likeness (QED) is 0.547. The van der Waals surface area contributed by atoms with E-state index in [1.54, 1.807) is 30.2 Å². The highest BCUT2D eigenvalue weighted by Crippen LogP contribution is 2.26. The minimum atomic E-state index is -0.502. The lowest BCUT2D eigenvalue weighted by atomic mass is 10.3. The van der Waals surface area contributed by atoms with Crippen LogP contribution in [0.15, 0.2) is 38.0 Å². The van der Waals surface area contributed by atoms with E-state index in [4.69, 9.17) is 0 Å². The lowest BCUT2D eigenvalue weighted by Crippen LogP contribution is -2.33. The maximum Gasteiger partial charge on any atom is 0.333 e. The molecular weight excluding hydrogens is 370 g/mol. The van der Waals surface area contributed by atoms with E-state index in [-0.39, 0.29) is 5.56 Å². The average Bonchev–Trinajstić information content (AvgIpc) is 3.03. The molecule has 0 amide bonds. The first-order valence-electron chi connectivity index (χ1n) is 6.27. The van der Waals surface area contributed by atoms with Gasteiger partial charge in [0.15, 0.2) is 0 Å². The summed E-state index contributed by atoms with van der Waals surface area (Å²) in [7, 11) is 1.76. The molecule has 0 atom stereocenters. The van der Waals surface area contributed by atoms with Gasteiger partial charge in [0, 0.05) is 18.6 Å². The Labute approximate surface area is 135 Å². The van der Waals surface area contributed by atoms with Crippen molar-refractivity contribution < 1.29 is 0 Å². The number of hydrogen-bond donors (Lipinski definition) is 1. The standard InChI is InChI=1S/C13H8BrN5O2S/c1-18-10-6(4-16-18)3-15-5-8(10)19-12(20)11-7(17-13(19)21)2-9(14)22-11/h2-5H,1H3,(H,17,21). The van der Waals surface area contributed by atoms with Crippen LogP contribution in [0.25, 0.3) is 26.8 Å². The third-order valence-corrected chi connectivity index (χ3v) is 5.03. The fourth-order valence-electron chi connectivity index (χ4n) is 2.47. The number of H-pyrrole nitrogens is 1. The van der Waals surface area contributed by atoms with Crippen LogP contribution in [-0.2, 0) is 7.05 Å². The number of fused-ring (bicyclic) bond motifs is 2. The monoisotopic (exact) mass is 377 g/mol. The normalized spacial score (nSPS) is 11.5. The summed E-state index contributed by atoms with van der Waals surface area (Å²) in [5, 5.41) is 4.91. The van der Waals surface area contributed by atoms with Crippen molar-refractivity contribution in [2.75, 3.05) is 0 Å². The highest BCUT2D eigenvalue weighted by Gasteiger charge is 2.16. The largest absolute Gasteiger partial charge is 0.333 e. The van der Waals surface area contributed by atoms with Crippen molar-refractivity contribution in [2.45, 2.75) is 0 Å². The number of hydrogen-bond acceptors (Lipinski definition) is 5. The molecule has 0 bridgehead atoms. The Hall–Kier alpha value is -2.26. The molecule has 0 saturated carbocycles. The molecule has 22 heavy (non-hydrogen) atoms. The molecule has 4 rings (SSSR count). The van der Waals surface area contributed by atoms with Crippen molar-refractivity contribution in [2.24, 2.45) is 7.05 Å². The molecule has 4 aromatic rings. The van der Waals surface area contributed by atoms with E-state index >= 15 is 0 Å². The van der Waals surface area contributed by atoms with Gasteiger partial charge in [-0.1, -0.05) is 0 Å². The van der Waals surface area contributed by atoms with Crippen LogP contribution in [0.5, 0.6) is 0 Å². The molecule has 7 nitrogen and oxygen atoms in total. The van der Waals surface area contributed by atoms with Gasteiger partial charge in [-0.25, -0.2) is 9.36 Å². The van der Waals surface area contributed by atoms with Crippen LogP contribution in [-0.4, -0.2) is 24.3 Å². The van der Waals surface area contributed by atoms with E-state index in [0.717, 1.165) is 13.7 Å². The predicted molar refractivity (Wildman–Crippen MR) is 87.8 cm³/mol. The number of rotatable bonds is 1. The number of nitrogens with one attached hydrogen (secondary N) is 1. The molecule has 0 aromatic carbocycles. The number of pyridine rings is 1. The number of thiophene rings is 1. The van der Waals surface area contributed by atoms with Gasteiger partial charge in [0.1, 0.15) is 4.70 Å². The van der Waals surface area contributed by atoms with Gasteiger partial charge in [-0.15, -0.1) is 11.3 Å². The molecule has 0 fully saturated rings. The highest BCUT2D eigenvalue weighted by molar-refractivity contribution is 9.11. The summed E-state index contributed by atoms with van der Waals surface area (Å²) in [5.41, 5.74) is 0.740. The van der Waals surface area contributed by atoms with Gasteiger partial charge >= 0.3 is 5.69 Å². The Kier molecular flexibility index (Phi) is 2.81. The van der Waals surface area contributed by atoms with Gasteiger partial charge in [-0.2, -0.15) is 5.10 Å². The first kappa shape index (κ1) is 13.4. The number of nitrogens with zero attached hydrogens (tertiary/aromatic N) is 4. The van der Waals surface area contributed by atoms with Gasteiger partial charge in [-0.05, 0) is 22.0 Å². The molecule has 1 N–H and O–H groups in total. The van der Waals surface area contributed by atoms with Crippen LogP contribution in [0.4, 0.5) is 0 Å². The first-order chi connectivity index (χ1) is 10.6. The lowest BCUT2D eigenvalue weighted by Gasteiger charge is -2.06. The minimum Gasteiger partial charge on any atom is -0.305 e. The van der Waals surface area contributed by atoms with Gasteiger partial charge in [0.25, 0.3) is 5.56 Å². The molecule has 0 spiro atoms. The second kappa shape index (κ2) is 4.62. The maximum atomic E-state index is 12.7. The van der Waals surface area contributed by atoms with Crippen molar-refractivity contribution in [1.29, 1.82) is 0 Å². The van der Waals surface area contributed by atoms with E-state index in [9.17, 15) is 9.59 Å². The van der Waals surface area contributed by atoms with Crippen LogP contribution >= 0.6 is 27.3 Å². The molecular formula is C13H8BrN5O2S. The zero-order valence-corrected chi connectivity index (χ0v) is 13.6. The SMILES string of the molecule is Cn1ncc2cncc(-n3c(=O)[nH]c4cc(Br)sc4c3=O)c21. The molecule has 4 heterocycles. The summed E-state index contributed by atoms with van der Waals surface area (Å²) < 4.78 is 3.98. The molecule has 9 heteroatoms. The fraction of sp³-hybridized carbons (Fsp3) is 0.0769. The molecule has 0 aliphatic carbocycles. The molecule has 0 saturated heterocycles. The van der Waals surface area contributed by atoms with Crippen LogP contribution < -0.4 is 11.2 Å². The van der Waals surface area contributed by atoms with E-state index < -0.39 is 5.69 Å². The Morgan fingerprint density at radius 1 is 1.27 bits per heavy atom. The summed E-state index contributed by atoms with van der Waals surface area (Å²) in [4.78, 5) is 31.9. The number of aryl methyl sites for hydroxylation is 1. The van der Waals surface area contributed by atoms with Crippen LogP contribution in [0.2, 0.25) is 0 Å². The minimum absolute atomic E-state index is 0.370. The smallest absolute Gasteiger partial charge is 0.305 e. The summed E-state index contributed by atoms with van der Waals surface area (Å²) in [6.07, 6.45) is 4.78. The van der Waals surface area contributed by atoms with E-state index in [1.807, 2.05) is 0 Å². The Bertz CT molecular complexity index is 1150. The van der Waals surface area contributed by atoms with Crippen molar-refractivity contribution in [1.82, 2.24) is 24.3 Å². The molecule has 0 aliphatic rings. The zero-order chi connectivity index (χ0) is 15.4. The van der Waals surface area contributed by atoms with E-state index in [1.165, 1.54) is 17.5 Å². The Balaban J connectivity index is 2.19. The molecule has 0 aliphatic heterocycles. The maximum absolute atomic E-state index is 12.7. The average molecular weight is 378 g/mol. The summed E-state index contributed by atoms with van der Waals surface area (Å²) >= 11 is 4.61. The zero-order valence-electron chi connectivity index (χ0n) is 11.2. The van der Waals surface area contributed by atoms with Gasteiger partial charge in [-0.3, -0.25) is 14.5 Å². The second-order valence-electron chi connectivity index (χ2n) is 4.73. The van der Waals surface area contributed by atoms with Crippen LogP contribution in [0.3, 0.4) is 0 Å². The number of halogens is 1. The van der Waals surface area contributed by atoms with Crippen molar-refractivity contribution >= 4 is 48.4 Å². The van der Waals surface area contributed by atoms with Crippen molar-refractivity contribution in [3.8, 4) is 5.69 Å². The molecule has 110 valence electrons. The first-order valence-corrected chi connectivity index (χ1v) is 7.87. The van der Waals surface area contributed by atoms with Gasteiger partial charge in [0.05, 0.1) is 32.9 Å². The van der Waals surface area contributed by atoms with Crippen LogP contribution in [0.1, 0.15) is 0 Å². The lowest BCUT2D eigenvalue weighted by molar-refractivity contribution is 0.788. The molecule has 4 aromatic heterocycles. The van der Waals surface area contributed by atoms with Crippen molar-refractivity contribution in [3.05, 3.63) is 49.3 Å². The second-order valence-corrected chi connectivity index (χ2v) is 7.16. The third kappa shape index (κ3) is 1.79. The fourth-order valence-corrected chi connectivity index (χ4v) is 3.96.